The molecule has 0 amide bonds. The molecular weight excluding hydrogens is 278 g/mol. The van der Waals surface area contributed by atoms with Crippen LogP contribution >= 0.6 is 0 Å². The van der Waals surface area contributed by atoms with Gasteiger partial charge in [0.15, 0.2) is 0 Å². The van der Waals surface area contributed by atoms with E-state index in [1.165, 1.54) is 0 Å². The lowest BCUT2D eigenvalue weighted by atomic mass is 10.0. The van der Waals surface area contributed by atoms with Crippen molar-refractivity contribution >= 4 is 0 Å². The van der Waals surface area contributed by atoms with Crippen LogP contribution in [0.2, 0.25) is 0 Å². The summed E-state index contributed by atoms with van der Waals surface area (Å²) in [5.74, 6) is 0.770. The fourth-order valence-corrected chi connectivity index (χ4v) is 2.77. The highest BCUT2D eigenvalue weighted by atomic mass is 16.5. The zero-order valence-corrected chi connectivity index (χ0v) is 12.4. The number of hydrogen-bond acceptors (Lipinski definition) is 4. The van der Waals surface area contributed by atoms with E-state index in [0.29, 0.717) is 13.2 Å². The fourth-order valence-electron chi connectivity index (χ4n) is 2.77. The van der Waals surface area contributed by atoms with Gasteiger partial charge in [0.05, 0.1) is 6.61 Å². The number of aromatic nitrogens is 1. The van der Waals surface area contributed by atoms with Crippen LogP contribution in [0.25, 0.3) is 5.69 Å². The Kier molecular flexibility index (Phi) is 3.94. The quantitative estimate of drug-likeness (QED) is 0.937. The van der Waals surface area contributed by atoms with E-state index in [4.69, 9.17) is 4.74 Å². The molecule has 1 N–H and O–H groups in total. The summed E-state index contributed by atoms with van der Waals surface area (Å²) < 4.78 is 7.09. The Balaban J connectivity index is 2.16. The number of hydrogen-bond donors (Lipinski definition) is 1. The topological polar surface area (TPSA) is 67.0 Å². The van der Waals surface area contributed by atoms with Crippen molar-refractivity contribution in [3.05, 3.63) is 57.5 Å². The van der Waals surface area contributed by atoms with Gasteiger partial charge in [0.1, 0.15) is 17.4 Å². The Morgan fingerprint density at radius 1 is 1.36 bits per heavy atom. The van der Waals surface area contributed by atoms with Crippen molar-refractivity contribution in [1.82, 2.24) is 9.88 Å². The minimum atomic E-state index is -0.257. The molecule has 0 saturated heterocycles. The first-order valence-corrected chi connectivity index (χ1v) is 7.36. The Labute approximate surface area is 128 Å². The molecular formula is C17H17N3O2. The molecule has 0 saturated carbocycles. The summed E-state index contributed by atoms with van der Waals surface area (Å²) in [6.45, 7) is 4.04. The van der Waals surface area contributed by atoms with Crippen molar-refractivity contribution in [2.45, 2.75) is 19.9 Å². The molecule has 112 valence electrons. The van der Waals surface area contributed by atoms with E-state index in [9.17, 15) is 10.1 Å². The third kappa shape index (κ3) is 2.49. The number of nitriles is 1. The number of rotatable bonds is 3. The fraction of sp³-hybridized carbons (Fsp3) is 0.294. The monoisotopic (exact) mass is 295 g/mol. The van der Waals surface area contributed by atoms with E-state index in [1.54, 1.807) is 10.6 Å². The van der Waals surface area contributed by atoms with Crippen LogP contribution in [0.15, 0.2) is 35.1 Å². The van der Waals surface area contributed by atoms with Crippen molar-refractivity contribution in [1.29, 1.82) is 5.26 Å². The molecule has 0 spiro atoms. The van der Waals surface area contributed by atoms with Gasteiger partial charge in [0.25, 0.3) is 5.56 Å². The molecule has 22 heavy (non-hydrogen) atoms. The number of nitrogens with one attached hydrogen (secondary N) is 1. The van der Waals surface area contributed by atoms with E-state index in [2.05, 4.69) is 5.32 Å². The summed E-state index contributed by atoms with van der Waals surface area (Å²) in [5.41, 5.74) is 2.68. The molecule has 1 aromatic heterocycles. The summed E-state index contributed by atoms with van der Waals surface area (Å²) >= 11 is 0. The molecule has 5 nitrogen and oxygen atoms in total. The van der Waals surface area contributed by atoms with Crippen LogP contribution < -0.4 is 15.6 Å². The molecule has 3 rings (SSSR count). The SMILES string of the molecule is CCOc1ccc(-n2c3c(cc(C#N)c2=O)CNCC3)cc1. The summed E-state index contributed by atoms with van der Waals surface area (Å²) in [7, 11) is 0. The number of pyridine rings is 1. The Morgan fingerprint density at radius 2 is 2.14 bits per heavy atom. The second kappa shape index (κ2) is 6.04. The van der Waals surface area contributed by atoms with Gasteiger partial charge >= 0.3 is 0 Å². The Morgan fingerprint density at radius 3 is 2.82 bits per heavy atom. The average molecular weight is 295 g/mol. The second-order valence-electron chi connectivity index (χ2n) is 5.14. The van der Waals surface area contributed by atoms with Crippen LogP contribution in [0.4, 0.5) is 0 Å². The van der Waals surface area contributed by atoms with Gasteiger partial charge in [-0.1, -0.05) is 0 Å². The van der Waals surface area contributed by atoms with E-state index in [-0.39, 0.29) is 11.1 Å². The van der Waals surface area contributed by atoms with E-state index >= 15 is 0 Å². The molecule has 2 heterocycles. The Hall–Kier alpha value is -2.58. The van der Waals surface area contributed by atoms with Crippen molar-refractivity contribution in [3.8, 4) is 17.5 Å². The second-order valence-corrected chi connectivity index (χ2v) is 5.14. The third-order valence-corrected chi connectivity index (χ3v) is 3.77. The minimum Gasteiger partial charge on any atom is -0.494 e. The van der Waals surface area contributed by atoms with Crippen LogP contribution in [0.1, 0.15) is 23.7 Å². The van der Waals surface area contributed by atoms with Gasteiger partial charge in [-0.2, -0.15) is 5.26 Å². The third-order valence-electron chi connectivity index (χ3n) is 3.77. The van der Waals surface area contributed by atoms with Gasteiger partial charge in [0.2, 0.25) is 0 Å². The molecule has 5 heteroatoms. The Bertz CT molecular complexity index is 785. The minimum absolute atomic E-state index is 0.177. The first kappa shape index (κ1) is 14.4. The van der Waals surface area contributed by atoms with Crippen molar-refractivity contribution < 1.29 is 4.74 Å². The molecule has 1 aliphatic rings. The van der Waals surface area contributed by atoms with Crippen molar-refractivity contribution in [2.75, 3.05) is 13.2 Å². The van der Waals surface area contributed by atoms with E-state index in [1.807, 2.05) is 37.3 Å². The molecule has 1 aliphatic heterocycles. The van der Waals surface area contributed by atoms with Crippen LogP contribution in [0, 0.1) is 11.3 Å². The van der Waals surface area contributed by atoms with Gasteiger partial charge in [-0.3, -0.25) is 9.36 Å². The zero-order valence-electron chi connectivity index (χ0n) is 12.4. The van der Waals surface area contributed by atoms with Gasteiger partial charge in [0, 0.05) is 30.9 Å². The molecule has 0 unspecified atom stereocenters. The van der Waals surface area contributed by atoms with Gasteiger partial charge in [-0.15, -0.1) is 0 Å². The molecule has 0 aliphatic carbocycles. The highest BCUT2D eigenvalue weighted by molar-refractivity contribution is 5.44. The summed E-state index contributed by atoms with van der Waals surface area (Å²) in [5, 5.41) is 12.5. The van der Waals surface area contributed by atoms with E-state index < -0.39 is 0 Å². The predicted octanol–water partition coefficient (Wildman–Crippen LogP) is 1.75. The normalized spacial score (nSPS) is 13.3. The lowest BCUT2D eigenvalue weighted by molar-refractivity contribution is 0.340. The molecule has 0 atom stereocenters. The van der Waals surface area contributed by atoms with Crippen molar-refractivity contribution in [3.63, 3.8) is 0 Å². The smallest absolute Gasteiger partial charge is 0.273 e. The highest BCUT2D eigenvalue weighted by Crippen LogP contribution is 2.20. The molecule has 0 fully saturated rings. The van der Waals surface area contributed by atoms with Crippen LogP contribution in [-0.4, -0.2) is 17.7 Å². The maximum atomic E-state index is 12.6. The maximum Gasteiger partial charge on any atom is 0.273 e. The average Bonchev–Trinajstić information content (AvgIpc) is 2.56. The number of benzene rings is 1. The summed E-state index contributed by atoms with van der Waals surface area (Å²) in [4.78, 5) is 12.6. The molecule has 0 bridgehead atoms. The zero-order chi connectivity index (χ0) is 15.5. The summed E-state index contributed by atoms with van der Waals surface area (Å²) in [6.07, 6.45) is 0.767. The molecule has 0 radical (unpaired) electrons. The number of nitrogens with zero attached hydrogens (tertiary/aromatic N) is 2. The number of ether oxygens (including phenoxy) is 1. The largest absolute Gasteiger partial charge is 0.494 e. The number of fused-ring (bicyclic) bond motifs is 1. The summed E-state index contributed by atoms with van der Waals surface area (Å²) in [6, 6.07) is 11.1. The standard InChI is InChI=1S/C17H17N3O2/c1-2-22-15-5-3-14(4-6-15)20-16-7-8-19-11-13(16)9-12(10-18)17(20)21/h3-6,9,19H,2,7-8,11H2,1H3. The van der Waals surface area contributed by atoms with E-state index in [0.717, 1.165) is 35.7 Å². The predicted molar refractivity (Wildman–Crippen MR) is 83.3 cm³/mol. The molecule has 2 aromatic rings. The lowest BCUT2D eigenvalue weighted by Crippen LogP contribution is -2.33. The van der Waals surface area contributed by atoms with Crippen molar-refractivity contribution in [2.24, 2.45) is 0 Å². The van der Waals surface area contributed by atoms with Gasteiger partial charge in [-0.05, 0) is 42.8 Å². The van der Waals surface area contributed by atoms with Crippen LogP contribution in [0.3, 0.4) is 0 Å². The highest BCUT2D eigenvalue weighted by Gasteiger charge is 2.18. The lowest BCUT2D eigenvalue weighted by Gasteiger charge is -2.22. The maximum absolute atomic E-state index is 12.6. The van der Waals surface area contributed by atoms with Crippen LogP contribution in [0.5, 0.6) is 5.75 Å². The van der Waals surface area contributed by atoms with Gasteiger partial charge < -0.3 is 10.1 Å². The first-order valence-electron chi connectivity index (χ1n) is 7.36. The molecule has 1 aromatic carbocycles. The van der Waals surface area contributed by atoms with Gasteiger partial charge in [-0.25, -0.2) is 0 Å². The van der Waals surface area contributed by atoms with Crippen LogP contribution in [-0.2, 0) is 13.0 Å². The first-order chi connectivity index (χ1) is 10.7.